The molecule has 3 rings (SSSR count). The molecular weight excluding hydrogens is 351 g/mol. The lowest BCUT2D eigenvalue weighted by Crippen LogP contribution is -2.42. The van der Waals surface area contributed by atoms with Crippen LogP contribution < -0.4 is 10.6 Å². The maximum Gasteiger partial charge on any atom is 0.225 e. The lowest BCUT2D eigenvalue weighted by atomic mass is 9.96. The van der Waals surface area contributed by atoms with Gasteiger partial charge in [-0.2, -0.15) is 11.3 Å². The zero-order valence-corrected chi connectivity index (χ0v) is 15.0. The highest BCUT2D eigenvalue weighted by Gasteiger charge is 2.24. The van der Waals surface area contributed by atoms with Crippen molar-refractivity contribution in [3.05, 3.63) is 57.2 Å². The molecule has 2 aromatic rings. The number of halogens is 2. The number of nitrogens with one attached hydrogen (secondary N) is 2. The van der Waals surface area contributed by atoms with Gasteiger partial charge >= 0.3 is 0 Å². The van der Waals surface area contributed by atoms with Crippen molar-refractivity contribution >= 4 is 41.3 Å². The van der Waals surface area contributed by atoms with E-state index in [4.69, 9.17) is 11.6 Å². The third kappa shape index (κ3) is 4.70. The summed E-state index contributed by atoms with van der Waals surface area (Å²) in [5, 5.41) is 11.3. The molecule has 1 saturated heterocycles. The van der Waals surface area contributed by atoms with Gasteiger partial charge in [-0.1, -0.05) is 23.7 Å². The molecule has 2 N–H and O–H groups in total. The topological polar surface area (TPSA) is 41.1 Å². The van der Waals surface area contributed by atoms with Gasteiger partial charge in [0.2, 0.25) is 5.91 Å². The molecule has 3 nitrogen and oxygen atoms in total. The number of rotatable bonds is 4. The maximum absolute atomic E-state index is 12.6. The highest BCUT2D eigenvalue weighted by Crippen LogP contribution is 2.26. The van der Waals surface area contributed by atoms with Crippen LogP contribution in [0, 0.1) is 5.92 Å². The van der Waals surface area contributed by atoms with E-state index in [0.29, 0.717) is 5.02 Å². The van der Waals surface area contributed by atoms with Crippen molar-refractivity contribution in [2.75, 3.05) is 13.1 Å². The van der Waals surface area contributed by atoms with E-state index in [-0.39, 0.29) is 30.3 Å². The summed E-state index contributed by atoms with van der Waals surface area (Å²) in [5.74, 6) is 0.181. The molecule has 0 aliphatic carbocycles. The third-order valence-corrected chi connectivity index (χ3v) is 4.99. The monoisotopic (exact) mass is 370 g/mol. The van der Waals surface area contributed by atoms with Crippen LogP contribution in [0.5, 0.6) is 0 Å². The van der Waals surface area contributed by atoms with Crippen molar-refractivity contribution in [2.24, 2.45) is 5.92 Å². The van der Waals surface area contributed by atoms with Crippen molar-refractivity contribution in [1.82, 2.24) is 10.6 Å². The smallest absolute Gasteiger partial charge is 0.225 e. The number of piperidine rings is 1. The van der Waals surface area contributed by atoms with Crippen molar-refractivity contribution in [1.29, 1.82) is 0 Å². The van der Waals surface area contributed by atoms with Gasteiger partial charge in [0, 0.05) is 11.6 Å². The molecule has 1 aliphatic rings. The SMILES string of the molecule is Cl.O=C(NC(c1ccc(Cl)cc1)c1ccsc1)C1CCCNC1. The van der Waals surface area contributed by atoms with Crippen LogP contribution in [-0.2, 0) is 4.79 Å². The largest absolute Gasteiger partial charge is 0.345 e. The standard InChI is InChI=1S/C17H19ClN2OS.ClH/c18-15-5-3-12(4-6-15)16(14-7-9-22-11-14)20-17(21)13-2-1-8-19-10-13;/h3-7,9,11,13,16,19H,1-2,8,10H2,(H,20,21);1H. The van der Waals surface area contributed by atoms with Gasteiger partial charge in [-0.25, -0.2) is 0 Å². The summed E-state index contributed by atoms with van der Waals surface area (Å²) in [6, 6.07) is 9.63. The minimum atomic E-state index is -0.113. The van der Waals surface area contributed by atoms with Crippen molar-refractivity contribution in [3.63, 3.8) is 0 Å². The minimum absolute atomic E-state index is 0. The molecule has 1 aromatic heterocycles. The molecule has 0 radical (unpaired) electrons. The van der Waals surface area contributed by atoms with Gasteiger partial charge in [-0.05, 0) is 59.5 Å². The quantitative estimate of drug-likeness (QED) is 0.852. The predicted octanol–water partition coefficient (Wildman–Crippen LogP) is 4.03. The van der Waals surface area contributed by atoms with E-state index in [1.165, 1.54) is 0 Å². The number of amides is 1. The molecule has 1 aliphatic heterocycles. The van der Waals surface area contributed by atoms with Crippen LogP contribution in [0.15, 0.2) is 41.1 Å². The molecule has 0 spiro atoms. The van der Waals surface area contributed by atoms with Gasteiger partial charge in [0.15, 0.2) is 0 Å². The van der Waals surface area contributed by atoms with Gasteiger partial charge in [-0.15, -0.1) is 12.4 Å². The summed E-state index contributed by atoms with van der Waals surface area (Å²) in [6.45, 7) is 1.78. The van der Waals surface area contributed by atoms with E-state index in [1.807, 2.05) is 29.6 Å². The molecule has 2 heterocycles. The average Bonchev–Trinajstić information content (AvgIpc) is 3.08. The Morgan fingerprint density at radius 1 is 1.26 bits per heavy atom. The molecular formula is C17H20Cl2N2OS. The first kappa shape index (κ1) is 18.3. The van der Waals surface area contributed by atoms with E-state index in [0.717, 1.165) is 37.1 Å². The summed E-state index contributed by atoms with van der Waals surface area (Å²) in [7, 11) is 0. The van der Waals surface area contributed by atoms with E-state index < -0.39 is 0 Å². The first-order valence-electron chi connectivity index (χ1n) is 7.52. The molecule has 2 unspecified atom stereocenters. The average molecular weight is 371 g/mol. The fourth-order valence-corrected chi connectivity index (χ4v) is 3.60. The second kappa shape index (κ2) is 8.69. The van der Waals surface area contributed by atoms with Crippen LogP contribution in [-0.4, -0.2) is 19.0 Å². The molecule has 2 atom stereocenters. The highest BCUT2D eigenvalue weighted by atomic mass is 35.5. The summed E-state index contributed by atoms with van der Waals surface area (Å²) in [5.41, 5.74) is 2.17. The minimum Gasteiger partial charge on any atom is -0.345 e. The summed E-state index contributed by atoms with van der Waals surface area (Å²) in [6.07, 6.45) is 2.01. The first-order chi connectivity index (χ1) is 10.7. The number of benzene rings is 1. The van der Waals surface area contributed by atoms with Crippen molar-refractivity contribution in [3.8, 4) is 0 Å². The number of hydrogen-bond acceptors (Lipinski definition) is 3. The fourth-order valence-electron chi connectivity index (χ4n) is 2.79. The van der Waals surface area contributed by atoms with Crippen molar-refractivity contribution in [2.45, 2.75) is 18.9 Å². The lowest BCUT2D eigenvalue weighted by Gasteiger charge is -2.25. The van der Waals surface area contributed by atoms with Gasteiger partial charge in [0.1, 0.15) is 0 Å². The molecule has 0 bridgehead atoms. The summed E-state index contributed by atoms with van der Waals surface area (Å²) in [4.78, 5) is 12.6. The number of hydrogen-bond donors (Lipinski definition) is 2. The zero-order valence-electron chi connectivity index (χ0n) is 12.6. The van der Waals surface area contributed by atoms with Crippen LogP contribution in [0.25, 0.3) is 0 Å². The Bertz CT molecular complexity index is 610. The molecule has 23 heavy (non-hydrogen) atoms. The van der Waals surface area contributed by atoms with Gasteiger partial charge in [0.05, 0.1) is 12.0 Å². The third-order valence-electron chi connectivity index (χ3n) is 4.03. The van der Waals surface area contributed by atoms with Crippen LogP contribution in [0.2, 0.25) is 5.02 Å². The highest BCUT2D eigenvalue weighted by molar-refractivity contribution is 7.08. The molecule has 124 valence electrons. The van der Waals surface area contributed by atoms with Gasteiger partial charge in [-0.3, -0.25) is 4.79 Å². The number of carbonyl (C=O) groups excluding carboxylic acids is 1. The Morgan fingerprint density at radius 2 is 2.04 bits per heavy atom. The van der Waals surface area contributed by atoms with E-state index >= 15 is 0 Å². The van der Waals surface area contributed by atoms with Crippen molar-refractivity contribution < 1.29 is 4.79 Å². The molecule has 1 fully saturated rings. The Kier molecular flexibility index (Phi) is 6.90. The predicted molar refractivity (Wildman–Crippen MR) is 98.6 cm³/mol. The molecule has 0 saturated carbocycles. The Balaban J connectivity index is 0.00000192. The Morgan fingerprint density at radius 3 is 2.65 bits per heavy atom. The molecule has 1 aromatic carbocycles. The maximum atomic E-state index is 12.6. The van der Waals surface area contributed by atoms with Crippen LogP contribution in [0.4, 0.5) is 0 Å². The first-order valence-corrected chi connectivity index (χ1v) is 8.85. The van der Waals surface area contributed by atoms with E-state index in [2.05, 4.69) is 22.1 Å². The summed E-state index contributed by atoms with van der Waals surface area (Å²) < 4.78 is 0. The van der Waals surface area contributed by atoms with E-state index in [1.54, 1.807) is 11.3 Å². The molecule has 6 heteroatoms. The zero-order chi connectivity index (χ0) is 15.4. The second-order valence-corrected chi connectivity index (χ2v) is 6.81. The number of carbonyl (C=O) groups is 1. The fraction of sp³-hybridized carbons (Fsp3) is 0.353. The molecule has 1 amide bonds. The second-order valence-electron chi connectivity index (χ2n) is 5.59. The normalized spacial score (nSPS) is 18.7. The Hall–Kier alpha value is -1.07. The lowest BCUT2D eigenvalue weighted by molar-refractivity contribution is -0.126. The van der Waals surface area contributed by atoms with Crippen LogP contribution in [0.3, 0.4) is 0 Å². The van der Waals surface area contributed by atoms with E-state index in [9.17, 15) is 4.79 Å². The number of thiophene rings is 1. The van der Waals surface area contributed by atoms with Crippen LogP contribution >= 0.6 is 35.3 Å². The van der Waals surface area contributed by atoms with Crippen LogP contribution in [0.1, 0.15) is 30.0 Å². The van der Waals surface area contributed by atoms with Gasteiger partial charge < -0.3 is 10.6 Å². The Labute approximate surface area is 151 Å². The van der Waals surface area contributed by atoms with Gasteiger partial charge in [0.25, 0.3) is 0 Å². The summed E-state index contributed by atoms with van der Waals surface area (Å²) >= 11 is 7.61.